The summed E-state index contributed by atoms with van der Waals surface area (Å²) in [6, 6.07) is 1.92. The summed E-state index contributed by atoms with van der Waals surface area (Å²) in [6.45, 7) is 14.1. The Bertz CT molecular complexity index is 542. The van der Waals surface area contributed by atoms with E-state index in [1.54, 1.807) is 7.11 Å². The Labute approximate surface area is 144 Å². The van der Waals surface area contributed by atoms with Gasteiger partial charge in [0.2, 0.25) is 5.91 Å². The molecule has 1 aliphatic heterocycles. The van der Waals surface area contributed by atoms with Crippen LogP contribution in [0.15, 0.2) is 6.07 Å². The van der Waals surface area contributed by atoms with Crippen molar-refractivity contribution in [1.82, 2.24) is 19.6 Å². The Morgan fingerprint density at radius 1 is 1.25 bits per heavy atom. The summed E-state index contributed by atoms with van der Waals surface area (Å²) in [5.74, 6) is 0.787. The van der Waals surface area contributed by atoms with E-state index in [0.717, 1.165) is 50.8 Å². The van der Waals surface area contributed by atoms with Crippen LogP contribution in [-0.2, 0) is 15.1 Å². The number of nitrogens with zero attached hydrogens (tertiary/aromatic N) is 4. The largest absolute Gasteiger partial charge is 0.383 e. The number of hydrogen-bond donors (Lipinski definition) is 1. The summed E-state index contributed by atoms with van der Waals surface area (Å²) < 4.78 is 6.99. The Morgan fingerprint density at radius 3 is 2.46 bits per heavy atom. The molecule has 0 aliphatic carbocycles. The van der Waals surface area contributed by atoms with Crippen molar-refractivity contribution in [2.24, 2.45) is 0 Å². The summed E-state index contributed by atoms with van der Waals surface area (Å²) in [5.41, 5.74) is 0.746. The minimum atomic E-state index is -0.163. The highest BCUT2D eigenvalue weighted by atomic mass is 16.5. The van der Waals surface area contributed by atoms with Gasteiger partial charge in [-0.2, -0.15) is 5.10 Å². The fourth-order valence-corrected chi connectivity index (χ4v) is 2.88. The van der Waals surface area contributed by atoms with Crippen LogP contribution in [0.2, 0.25) is 0 Å². The number of carbonyl (C=O) groups excluding carboxylic acids is 1. The van der Waals surface area contributed by atoms with E-state index in [0.29, 0.717) is 6.54 Å². The van der Waals surface area contributed by atoms with Crippen LogP contribution in [0.1, 0.15) is 26.5 Å². The molecule has 0 spiro atoms. The van der Waals surface area contributed by atoms with E-state index in [4.69, 9.17) is 4.74 Å². The van der Waals surface area contributed by atoms with Crippen molar-refractivity contribution < 1.29 is 9.53 Å². The number of carbonyl (C=O) groups is 1. The van der Waals surface area contributed by atoms with Crippen molar-refractivity contribution >= 4 is 11.7 Å². The quantitative estimate of drug-likeness (QED) is 0.844. The van der Waals surface area contributed by atoms with Gasteiger partial charge in [-0.25, -0.2) is 4.68 Å². The smallest absolute Gasteiger partial charge is 0.239 e. The second kappa shape index (κ2) is 8.09. The molecule has 1 amide bonds. The van der Waals surface area contributed by atoms with Gasteiger partial charge >= 0.3 is 0 Å². The number of aromatic nitrogens is 2. The van der Waals surface area contributed by atoms with Crippen LogP contribution in [-0.4, -0.2) is 78.5 Å². The molecule has 136 valence electrons. The molecule has 0 unspecified atom stereocenters. The summed E-state index contributed by atoms with van der Waals surface area (Å²) in [6.07, 6.45) is 0. The lowest BCUT2D eigenvalue weighted by Crippen LogP contribution is -2.49. The standard InChI is InChI=1S/C17H31N5O2/c1-14-12-15(22(19-14)17(2,3)4)18-16(23)13-21-8-6-20(7-9-21)10-11-24-5/h12H,6-11,13H2,1-5H3,(H,18,23). The first-order valence-corrected chi connectivity index (χ1v) is 8.60. The van der Waals surface area contributed by atoms with Crippen LogP contribution < -0.4 is 5.32 Å². The molecule has 0 aromatic carbocycles. The molecular weight excluding hydrogens is 306 g/mol. The third-order valence-electron chi connectivity index (χ3n) is 4.18. The van der Waals surface area contributed by atoms with Gasteiger partial charge in [-0.15, -0.1) is 0 Å². The van der Waals surface area contributed by atoms with Crippen molar-refractivity contribution in [3.63, 3.8) is 0 Å². The van der Waals surface area contributed by atoms with Gasteiger partial charge in [0, 0.05) is 45.9 Å². The normalized spacial score (nSPS) is 17.2. The monoisotopic (exact) mass is 337 g/mol. The van der Waals surface area contributed by atoms with Gasteiger partial charge < -0.3 is 10.1 Å². The molecule has 24 heavy (non-hydrogen) atoms. The molecular formula is C17H31N5O2. The second-order valence-corrected chi connectivity index (χ2v) is 7.41. The Kier molecular flexibility index (Phi) is 6.37. The third-order valence-corrected chi connectivity index (χ3v) is 4.18. The average Bonchev–Trinajstić information content (AvgIpc) is 2.87. The van der Waals surface area contributed by atoms with E-state index in [1.807, 2.05) is 17.7 Å². The third kappa shape index (κ3) is 5.29. The topological polar surface area (TPSA) is 62.6 Å². The van der Waals surface area contributed by atoms with Crippen molar-refractivity contribution in [3.8, 4) is 0 Å². The first-order valence-electron chi connectivity index (χ1n) is 8.60. The second-order valence-electron chi connectivity index (χ2n) is 7.41. The number of piperazine rings is 1. The van der Waals surface area contributed by atoms with Crippen LogP contribution in [0.25, 0.3) is 0 Å². The molecule has 0 radical (unpaired) electrons. The van der Waals surface area contributed by atoms with Gasteiger partial charge in [0.25, 0.3) is 0 Å². The van der Waals surface area contributed by atoms with E-state index in [1.165, 1.54) is 0 Å². The lowest BCUT2D eigenvalue weighted by Gasteiger charge is -2.34. The van der Waals surface area contributed by atoms with E-state index in [2.05, 4.69) is 41.0 Å². The maximum Gasteiger partial charge on any atom is 0.239 e. The highest BCUT2D eigenvalue weighted by Gasteiger charge is 2.22. The van der Waals surface area contributed by atoms with Gasteiger partial charge in [-0.05, 0) is 27.7 Å². The summed E-state index contributed by atoms with van der Waals surface area (Å²) in [7, 11) is 1.73. The lowest BCUT2D eigenvalue weighted by molar-refractivity contribution is -0.117. The number of methoxy groups -OCH3 is 1. The molecule has 1 aromatic rings. The van der Waals surface area contributed by atoms with E-state index in [9.17, 15) is 4.79 Å². The molecule has 2 heterocycles. The number of amides is 1. The summed E-state index contributed by atoms with van der Waals surface area (Å²) in [5, 5.41) is 7.51. The number of aryl methyl sites for hydroxylation is 1. The van der Waals surface area contributed by atoms with Crippen LogP contribution in [0.3, 0.4) is 0 Å². The highest BCUT2D eigenvalue weighted by molar-refractivity contribution is 5.91. The van der Waals surface area contributed by atoms with Gasteiger partial charge in [0.05, 0.1) is 24.4 Å². The fourth-order valence-electron chi connectivity index (χ4n) is 2.88. The Balaban J connectivity index is 1.85. The number of ether oxygens (including phenoxy) is 1. The van der Waals surface area contributed by atoms with Crippen molar-refractivity contribution in [3.05, 3.63) is 11.8 Å². The predicted molar refractivity (Wildman–Crippen MR) is 95.3 cm³/mol. The summed E-state index contributed by atoms with van der Waals surface area (Å²) in [4.78, 5) is 17.0. The van der Waals surface area contributed by atoms with Crippen LogP contribution >= 0.6 is 0 Å². The molecule has 1 fully saturated rings. The zero-order chi connectivity index (χ0) is 17.7. The number of anilines is 1. The van der Waals surface area contributed by atoms with Crippen molar-refractivity contribution in [1.29, 1.82) is 0 Å². The SMILES string of the molecule is COCCN1CCN(CC(=O)Nc2cc(C)nn2C(C)(C)C)CC1. The minimum absolute atomic E-state index is 0.0192. The van der Waals surface area contributed by atoms with Gasteiger partial charge in [0.1, 0.15) is 5.82 Å². The molecule has 1 saturated heterocycles. The van der Waals surface area contributed by atoms with Gasteiger partial charge in [-0.3, -0.25) is 14.6 Å². The molecule has 0 saturated carbocycles. The van der Waals surface area contributed by atoms with E-state index < -0.39 is 0 Å². The molecule has 1 aromatic heterocycles. The van der Waals surface area contributed by atoms with E-state index >= 15 is 0 Å². The predicted octanol–water partition coefficient (Wildman–Crippen LogP) is 1.15. The first-order chi connectivity index (χ1) is 11.3. The Hall–Kier alpha value is -1.44. The zero-order valence-corrected chi connectivity index (χ0v) is 15.6. The summed E-state index contributed by atoms with van der Waals surface area (Å²) >= 11 is 0. The Morgan fingerprint density at radius 2 is 1.88 bits per heavy atom. The fraction of sp³-hybridized carbons (Fsp3) is 0.765. The molecule has 1 N–H and O–H groups in total. The highest BCUT2D eigenvalue weighted by Crippen LogP contribution is 2.21. The zero-order valence-electron chi connectivity index (χ0n) is 15.6. The molecule has 7 nitrogen and oxygen atoms in total. The van der Waals surface area contributed by atoms with Gasteiger partial charge in [-0.1, -0.05) is 0 Å². The number of hydrogen-bond acceptors (Lipinski definition) is 5. The minimum Gasteiger partial charge on any atom is -0.383 e. The molecule has 7 heteroatoms. The first kappa shape index (κ1) is 18.9. The number of nitrogens with one attached hydrogen (secondary N) is 1. The average molecular weight is 337 g/mol. The lowest BCUT2D eigenvalue weighted by atomic mass is 10.1. The van der Waals surface area contributed by atoms with Crippen LogP contribution in [0.5, 0.6) is 0 Å². The van der Waals surface area contributed by atoms with Crippen molar-refractivity contribution in [2.45, 2.75) is 33.2 Å². The maximum absolute atomic E-state index is 12.4. The molecule has 1 aliphatic rings. The van der Waals surface area contributed by atoms with Gasteiger partial charge in [0.15, 0.2) is 0 Å². The van der Waals surface area contributed by atoms with Crippen molar-refractivity contribution in [2.75, 3.05) is 58.3 Å². The molecule has 2 rings (SSSR count). The van der Waals surface area contributed by atoms with Crippen LogP contribution in [0, 0.1) is 6.92 Å². The van der Waals surface area contributed by atoms with E-state index in [-0.39, 0.29) is 11.4 Å². The maximum atomic E-state index is 12.4. The van der Waals surface area contributed by atoms with Crippen LogP contribution in [0.4, 0.5) is 5.82 Å². The number of rotatable bonds is 6. The molecule has 0 bridgehead atoms. The molecule has 0 atom stereocenters.